The SMILES string of the molecule is N=C1c2ncn([C@@H]3O[C@H](CO)[C@@H](O)[C@H]3O)c2NCN1OCc1cc(F)ccc1F. The number of nitrogens with one attached hydrogen (secondary N) is 2. The zero-order valence-corrected chi connectivity index (χ0v) is 15.0. The van der Waals surface area contributed by atoms with E-state index in [1.54, 1.807) is 0 Å². The van der Waals surface area contributed by atoms with Gasteiger partial charge in [-0.1, -0.05) is 0 Å². The number of amidine groups is 1. The summed E-state index contributed by atoms with van der Waals surface area (Å²) in [5.74, 6) is -1.02. The number of aliphatic hydroxyl groups is 3. The molecule has 0 aliphatic carbocycles. The maximum absolute atomic E-state index is 13.7. The molecule has 2 aliphatic heterocycles. The lowest BCUT2D eigenvalue weighted by atomic mass is 10.1. The maximum atomic E-state index is 13.7. The predicted molar refractivity (Wildman–Crippen MR) is 93.5 cm³/mol. The van der Waals surface area contributed by atoms with Crippen LogP contribution < -0.4 is 5.32 Å². The number of halogens is 2. The Morgan fingerprint density at radius 3 is 2.83 bits per heavy atom. The van der Waals surface area contributed by atoms with Crippen LogP contribution in [0.5, 0.6) is 0 Å². The summed E-state index contributed by atoms with van der Waals surface area (Å²) >= 11 is 0. The van der Waals surface area contributed by atoms with Gasteiger partial charge in [-0.3, -0.25) is 14.8 Å². The largest absolute Gasteiger partial charge is 0.394 e. The molecule has 4 rings (SSSR count). The van der Waals surface area contributed by atoms with Gasteiger partial charge in [0, 0.05) is 5.56 Å². The molecule has 1 aromatic carbocycles. The molecule has 2 aromatic rings. The molecule has 3 heterocycles. The number of benzene rings is 1. The number of anilines is 1. The molecular formula is C17H19F2N5O5. The lowest BCUT2D eigenvalue weighted by Gasteiger charge is -2.30. The van der Waals surface area contributed by atoms with Crippen LogP contribution in [0.4, 0.5) is 14.6 Å². The Morgan fingerprint density at radius 1 is 1.31 bits per heavy atom. The summed E-state index contributed by atoms with van der Waals surface area (Å²) in [5.41, 5.74) is 0.175. The van der Waals surface area contributed by atoms with Crippen molar-refractivity contribution >= 4 is 11.7 Å². The third-order valence-electron chi connectivity index (χ3n) is 4.83. The van der Waals surface area contributed by atoms with E-state index in [9.17, 15) is 24.1 Å². The van der Waals surface area contributed by atoms with Gasteiger partial charge in [-0.2, -0.15) is 0 Å². The molecule has 1 saturated heterocycles. The van der Waals surface area contributed by atoms with Gasteiger partial charge >= 0.3 is 0 Å². The van der Waals surface area contributed by atoms with Crippen LogP contribution in [-0.2, 0) is 16.2 Å². The minimum absolute atomic E-state index is 0.000590. The van der Waals surface area contributed by atoms with E-state index in [1.807, 2.05) is 0 Å². The van der Waals surface area contributed by atoms with Gasteiger partial charge in [0.25, 0.3) is 0 Å². The predicted octanol–water partition coefficient (Wildman–Crippen LogP) is -0.0850. The second-order valence-electron chi connectivity index (χ2n) is 6.65. The van der Waals surface area contributed by atoms with Gasteiger partial charge in [-0.15, -0.1) is 0 Å². The number of aliphatic hydroxyl groups excluding tert-OH is 3. The first-order valence-electron chi connectivity index (χ1n) is 8.77. The quantitative estimate of drug-likeness (QED) is 0.461. The van der Waals surface area contributed by atoms with Gasteiger partial charge < -0.3 is 25.4 Å². The van der Waals surface area contributed by atoms with Crippen LogP contribution >= 0.6 is 0 Å². The monoisotopic (exact) mass is 411 g/mol. The van der Waals surface area contributed by atoms with Crippen molar-refractivity contribution in [3.05, 3.63) is 47.4 Å². The smallest absolute Gasteiger partial charge is 0.176 e. The molecule has 29 heavy (non-hydrogen) atoms. The van der Waals surface area contributed by atoms with Crippen molar-refractivity contribution in [2.45, 2.75) is 31.1 Å². The van der Waals surface area contributed by atoms with Gasteiger partial charge in [-0.25, -0.2) is 18.8 Å². The summed E-state index contributed by atoms with van der Waals surface area (Å²) in [6, 6.07) is 3.01. The van der Waals surface area contributed by atoms with Crippen LogP contribution in [0, 0.1) is 17.0 Å². The van der Waals surface area contributed by atoms with Gasteiger partial charge in [0.1, 0.15) is 54.7 Å². The third kappa shape index (κ3) is 3.45. The molecule has 12 heteroatoms. The van der Waals surface area contributed by atoms with Gasteiger partial charge in [0.2, 0.25) is 0 Å². The first-order valence-corrected chi connectivity index (χ1v) is 8.77. The van der Waals surface area contributed by atoms with Crippen LogP contribution in [0.1, 0.15) is 17.5 Å². The zero-order chi connectivity index (χ0) is 20.7. The summed E-state index contributed by atoms with van der Waals surface area (Å²) in [5, 5.41) is 41.7. The van der Waals surface area contributed by atoms with Crippen molar-refractivity contribution in [1.82, 2.24) is 14.6 Å². The van der Waals surface area contributed by atoms with E-state index in [4.69, 9.17) is 15.0 Å². The highest BCUT2D eigenvalue weighted by atomic mass is 19.1. The number of imidazole rings is 1. The normalized spacial score (nSPS) is 26.5. The molecule has 2 aliphatic rings. The number of fused-ring (bicyclic) bond motifs is 1. The van der Waals surface area contributed by atoms with E-state index in [1.165, 1.54) is 10.9 Å². The zero-order valence-electron chi connectivity index (χ0n) is 15.0. The van der Waals surface area contributed by atoms with E-state index < -0.39 is 42.8 Å². The summed E-state index contributed by atoms with van der Waals surface area (Å²) in [4.78, 5) is 9.53. The van der Waals surface area contributed by atoms with Crippen LogP contribution in [0.15, 0.2) is 24.5 Å². The number of nitrogens with zero attached hydrogens (tertiary/aromatic N) is 3. The Bertz CT molecular complexity index is 926. The first kappa shape index (κ1) is 19.7. The number of aromatic nitrogens is 2. The van der Waals surface area contributed by atoms with Gasteiger partial charge in [-0.05, 0) is 18.2 Å². The minimum Gasteiger partial charge on any atom is -0.394 e. The lowest BCUT2D eigenvalue weighted by molar-refractivity contribution is -0.109. The van der Waals surface area contributed by atoms with E-state index >= 15 is 0 Å². The molecule has 5 N–H and O–H groups in total. The van der Waals surface area contributed by atoms with Crippen LogP contribution in [0.2, 0.25) is 0 Å². The minimum atomic E-state index is -1.30. The fourth-order valence-corrected chi connectivity index (χ4v) is 3.27. The molecule has 0 amide bonds. The summed E-state index contributed by atoms with van der Waals surface area (Å²) in [6.07, 6.45) is -3.20. The molecule has 0 spiro atoms. The Kier molecular flexibility index (Phi) is 5.19. The molecule has 1 aromatic heterocycles. The van der Waals surface area contributed by atoms with E-state index in [0.29, 0.717) is 5.82 Å². The van der Waals surface area contributed by atoms with Crippen molar-refractivity contribution < 1.29 is 33.7 Å². The van der Waals surface area contributed by atoms with Crippen LogP contribution in [-0.4, -0.2) is 67.4 Å². The highest BCUT2D eigenvalue weighted by molar-refractivity contribution is 5.99. The summed E-state index contributed by atoms with van der Waals surface area (Å²) < 4.78 is 33.9. The topological polar surface area (TPSA) is 136 Å². The fraction of sp³-hybridized carbons (Fsp3) is 0.412. The lowest BCUT2D eigenvalue weighted by Crippen LogP contribution is -2.41. The van der Waals surface area contributed by atoms with Crippen LogP contribution in [0.3, 0.4) is 0 Å². The van der Waals surface area contributed by atoms with Crippen molar-refractivity contribution in [3.8, 4) is 0 Å². The molecular weight excluding hydrogens is 392 g/mol. The summed E-state index contributed by atoms with van der Waals surface area (Å²) in [6.45, 7) is -0.769. The van der Waals surface area contributed by atoms with Crippen molar-refractivity contribution in [2.24, 2.45) is 0 Å². The Labute approximate surface area is 163 Å². The molecule has 1 fully saturated rings. The highest BCUT2D eigenvalue weighted by Gasteiger charge is 2.45. The highest BCUT2D eigenvalue weighted by Crippen LogP contribution is 2.34. The van der Waals surface area contributed by atoms with E-state index in [-0.39, 0.29) is 30.4 Å². The number of hydrogen-bond donors (Lipinski definition) is 5. The number of ether oxygens (including phenoxy) is 1. The number of hydroxylamine groups is 2. The molecule has 156 valence electrons. The number of hydrogen-bond acceptors (Lipinski definition) is 8. The van der Waals surface area contributed by atoms with Crippen molar-refractivity contribution in [2.75, 3.05) is 18.6 Å². The molecule has 0 saturated carbocycles. The second-order valence-corrected chi connectivity index (χ2v) is 6.65. The number of rotatable bonds is 5. The average Bonchev–Trinajstić information content (AvgIpc) is 3.25. The Hall–Kier alpha value is -2.64. The Morgan fingerprint density at radius 2 is 2.10 bits per heavy atom. The van der Waals surface area contributed by atoms with Gasteiger partial charge in [0.05, 0.1) is 12.9 Å². The standard InChI is InChI=1S/C17H19F2N5O5/c18-9-1-2-10(19)8(3-9)5-28-24-7-22-16-12(15(24)20)21-6-23(16)17-14(27)13(26)11(4-25)29-17/h1-3,6,11,13-14,17,20,22,25-27H,4-5,7H2/t11-,13-,14-,17-/m1/s1. The average molecular weight is 411 g/mol. The molecule has 0 radical (unpaired) electrons. The molecule has 0 bridgehead atoms. The first-order chi connectivity index (χ1) is 13.9. The van der Waals surface area contributed by atoms with Gasteiger partial charge in [0.15, 0.2) is 12.1 Å². The Balaban J connectivity index is 1.49. The molecule has 4 atom stereocenters. The second kappa shape index (κ2) is 7.65. The fourth-order valence-electron chi connectivity index (χ4n) is 3.27. The molecule has 0 unspecified atom stereocenters. The van der Waals surface area contributed by atoms with E-state index in [2.05, 4.69) is 10.3 Å². The van der Waals surface area contributed by atoms with Crippen LogP contribution in [0.25, 0.3) is 0 Å². The summed E-state index contributed by atoms with van der Waals surface area (Å²) in [7, 11) is 0. The maximum Gasteiger partial charge on any atom is 0.176 e. The van der Waals surface area contributed by atoms with Crippen molar-refractivity contribution in [3.63, 3.8) is 0 Å². The third-order valence-corrected chi connectivity index (χ3v) is 4.83. The van der Waals surface area contributed by atoms with Crippen molar-refractivity contribution in [1.29, 1.82) is 5.41 Å². The molecule has 10 nitrogen and oxygen atoms in total. The van der Waals surface area contributed by atoms with E-state index in [0.717, 1.165) is 23.3 Å².